The lowest BCUT2D eigenvalue weighted by Gasteiger charge is -2.12. The molecule has 1 aromatic heterocycles. The van der Waals surface area contributed by atoms with Gasteiger partial charge in [0.05, 0.1) is 11.3 Å². The maximum absolute atomic E-state index is 11.9. The molecule has 1 fully saturated rings. The number of carbonyl (C=O) groups is 2. The molecule has 2 amide bonds. The predicted molar refractivity (Wildman–Crippen MR) is 81.1 cm³/mol. The Morgan fingerprint density at radius 3 is 2.55 bits per heavy atom. The number of primary amides is 1. The van der Waals surface area contributed by atoms with Gasteiger partial charge in [-0.2, -0.15) is 0 Å². The summed E-state index contributed by atoms with van der Waals surface area (Å²) < 4.78 is 0. The zero-order valence-electron chi connectivity index (χ0n) is 11.5. The van der Waals surface area contributed by atoms with E-state index in [1.165, 1.54) is 24.2 Å². The first-order chi connectivity index (χ1) is 9.54. The van der Waals surface area contributed by atoms with Gasteiger partial charge in [0.25, 0.3) is 11.8 Å². The molecule has 0 radical (unpaired) electrons. The fraction of sp³-hybridized carbons (Fsp3) is 0.538. The summed E-state index contributed by atoms with van der Waals surface area (Å²) in [5.74, 6) is -0.869. The Bertz CT molecular complexity index is 521. The summed E-state index contributed by atoms with van der Waals surface area (Å²) in [5.41, 5.74) is 11.7. The van der Waals surface area contributed by atoms with Crippen molar-refractivity contribution >= 4 is 33.8 Å². The van der Waals surface area contributed by atoms with Crippen LogP contribution in [0.15, 0.2) is 0 Å². The topological polar surface area (TPSA) is 110 Å². The molecule has 6 nitrogen and oxygen atoms in total. The second kappa shape index (κ2) is 6.13. The summed E-state index contributed by atoms with van der Waals surface area (Å²) in [6, 6.07) is 0.327. The predicted octanol–water partition coefficient (Wildman–Crippen LogP) is 1.53. The van der Waals surface area contributed by atoms with E-state index >= 15 is 0 Å². The highest BCUT2D eigenvalue weighted by molar-refractivity contribution is 7.19. The Morgan fingerprint density at radius 1 is 1.35 bits per heavy atom. The number of rotatable bonds is 5. The van der Waals surface area contributed by atoms with Crippen molar-refractivity contribution in [1.29, 1.82) is 0 Å². The Morgan fingerprint density at radius 2 is 2.00 bits per heavy atom. The standard InChI is InChI=1S/C13H20N4O2S/c1-2-16-12(19)10-9(14)8(11(15)18)13(20-10)17-7-5-3-4-6-7/h7,17H,2-6,14H2,1H3,(H2,15,18)(H,16,19). The van der Waals surface area contributed by atoms with Crippen molar-refractivity contribution in [2.45, 2.75) is 38.6 Å². The van der Waals surface area contributed by atoms with Gasteiger partial charge in [-0.1, -0.05) is 12.8 Å². The van der Waals surface area contributed by atoms with Gasteiger partial charge >= 0.3 is 0 Å². The Kier molecular flexibility index (Phi) is 4.49. The molecule has 1 aliphatic rings. The van der Waals surface area contributed by atoms with Crippen molar-refractivity contribution in [3.63, 3.8) is 0 Å². The molecule has 0 atom stereocenters. The molecule has 1 saturated carbocycles. The van der Waals surface area contributed by atoms with Gasteiger partial charge in [-0.05, 0) is 19.8 Å². The van der Waals surface area contributed by atoms with E-state index < -0.39 is 5.91 Å². The summed E-state index contributed by atoms with van der Waals surface area (Å²) in [4.78, 5) is 23.9. The number of carbonyl (C=O) groups excluding carboxylic acids is 2. The van der Waals surface area contributed by atoms with E-state index in [9.17, 15) is 9.59 Å². The van der Waals surface area contributed by atoms with E-state index in [2.05, 4.69) is 10.6 Å². The minimum atomic E-state index is -0.602. The smallest absolute Gasteiger partial charge is 0.263 e. The molecule has 0 saturated heterocycles. The van der Waals surface area contributed by atoms with Crippen LogP contribution in [-0.4, -0.2) is 24.4 Å². The summed E-state index contributed by atoms with van der Waals surface area (Å²) in [6.07, 6.45) is 4.47. The van der Waals surface area contributed by atoms with Gasteiger partial charge in [0, 0.05) is 12.6 Å². The molecule has 7 heteroatoms. The van der Waals surface area contributed by atoms with Crippen LogP contribution in [-0.2, 0) is 0 Å². The summed E-state index contributed by atoms with van der Waals surface area (Å²) in [5, 5.41) is 6.61. The quantitative estimate of drug-likeness (QED) is 0.660. The van der Waals surface area contributed by atoms with Gasteiger partial charge in [0.15, 0.2) is 0 Å². The average molecular weight is 296 g/mol. The molecule has 1 aromatic rings. The van der Waals surface area contributed by atoms with Crippen molar-refractivity contribution < 1.29 is 9.59 Å². The first kappa shape index (κ1) is 14.6. The molecule has 6 N–H and O–H groups in total. The number of nitrogens with two attached hydrogens (primary N) is 2. The number of hydrogen-bond donors (Lipinski definition) is 4. The highest BCUT2D eigenvalue weighted by atomic mass is 32.1. The Labute approximate surface area is 121 Å². The molecule has 0 aliphatic heterocycles. The molecular formula is C13H20N4O2S. The normalized spacial score (nSPS) is 15.2. The molecule has 2 rings (SSSR count). The molecule has 0 aromatic carbocycles. The molecule has 110 valence electrons. The minimum Gasteiger partial charge on any atom is -0.397 e. The van der Waals surface area contributed by atoms with E-state index in [1.54, 1.807) is 0 Å². The Balaban J connectivity index is 2.31. The number of nitrogen functional groups attached to an aromatic ring is 1. The lowest BCUT2D eigenvalue weighted by atomic mass is 10.2. The maximum atomic E-state index is 11.9. The van der Waals surface area contributed by atoms with Crippen LogP contribution in [0.1, 0.15) is 52.6 Å². The fourth-order valence-corrected chi connectivity index (χ4v) is 3.57. The monoisotopic (exact) mass is 296 g/mol. The van der Waals surface area contributed by atoms with Gasteiger partial charge in [-0.3, -0.25) is 9.59 Å². The van der Waals surface area contributed by atoms with E-state index in [-0.39, 0.29) is 17.2 Å². The lowest BCUT2D eigenvalue weighted by Crippen LogP contribution is -2.23. The highest BCUT2D eigenvalue weighted by Gasteiger charge is 2.26. The maximum Gasteiger partial charge on any atom is 0.263 e. The molecule has 1 aliphatic carbocycles. The number of amides is 2. The highest BCUT2D eigenvalue weighted by Crippen LogP contribution is 2.37. The van der Waals surface area contributed by atoms with Crippen LogP contribution in [0.25, 0.3) is 0 Å². The van der Waals surface area contributed by atoms with Crippen LogP contribution in [0, 0.1) is 0 Å². The molecule has 0 spiro atoms. The van der Waals surface area contributed by atoms with Gasteiger partial charge in [0.1, 0.15) is 9.88 Å². The van der Waals surface area contributed by atoms with Crippen LogP contribution in [0.2, 0.25) is 0 Å². The van der Waals surface area contributed by atoms with Crippen molar-refractivity contribution in [2.75, 3.05) is 17.6 Å². The van der Waals surface area contributed by atoms with Crippen molar-refractivity contribution in [2.24, 2.45) is 5.73 Å². The van der Waals surface area contributed by atoms with Gasteiger partial charge in [0.2, 0.25) is 0 Å². The number of thiophene rings is 1. The van der Waals surface area contributed by atoms with Gasteiger partial charge < -0.3 is 22.1 Å². The van der Waals surface area contributed by atoms with Crippen molar-refractivity contribution in [1.82, 2.24) is 5.32 Å². The molecular weight excluding hydrogens is 276 g/mol. The van der Waals surface area contributed by atoms with Gasteiger partial charge in [-0.15, -0.1) is 11.3 Å². The van der Waals surface area contributed by atoms with E-state index in [0.29, 0.717) is 22.5 Å². The summed E-state index contributed by atoms with van der Waals surface area (Å²) in [6.45, 7) is 2.34. The van der Waals surface area contributed by atoms with Gasteiger partial charge in [-0.25, -0.2) is 0 Å². The molecule has 1 heterocycles. The second-order valence-corrected chi connectivity index (χ2v) is 5.92. The zero-order chi connectivity index (χ0) is 14.7. The zero-order valence-corrected chi connectivity index (χ0v) is 12.3. The first-order valence-corrected chi connectivity index (χ1v) is 7.63. The van der Waals surface area contributed by atoms with E-state index in [1.807, 2.05) is 6.92 Å². The third-order valence-electron chi connectivity index (χ3n) is 3.43. The largest absolute Gasteiger partial charge is 0.397 e. The van der Waals surface area contributed by atoms with Crippen molar-refractivity contribution in [3.05, 3.63) is 10.4 Å². The third-order valence-corrected chi connectivity index (χ3v) is 4.56. The van der Waals surface area contributed by atoms with Crippen LogP contribution in [0.5, 0.6) is 0 Å². The fourth-order valence-electron chi connectivity index (χ4n) is 2.46. The average Bonchev–Trinajstić information content (AvgIpc) is 2.98. The number of nitrogens with one attached hydrogen (secondary N) is 2. The van der Waals surface area contributed by atoms with Crippen LogP contribution in [0.3, 0.4) is 0 Å². The summed E-state index contributed by atoms with van der Waals surface area (Å²) in [7, 11) is 0. The van der Waals surface area contributed by atoms with E-state index in [4.69, 9.17) is 11.5 Å². The van der Waals surface area contributed by atoms with Crippen LogP contribution < -0.4 is 22.1 Å². The number of hydrogen-bond acceptors (Lipinski definition) is 5. The Hall–Kier alpha value is -1.76. The van der Waals surface area contributed by atoms with Crippen LogP contribution in [0.4, 0.5) is 10.7 Å². The molecule has 0 bridgehead atoms. The first-order valence-electron chi connectivity index (χ1n) is 6.81. The van der Waals surface area contributed by atoms with Crippen molar-refractivity contribution in [3.8, 4) is 0 Å². The molecule has 0 unspecified atom stereocenters. The minimum absolute atomic E-state index is 0.175. The van der Waals surface area contributed by atoms with Crippen LogP contribution >= 0.6 is 11.3 Å². The molecule has 20 heavy (non-hydrogen) atoms. The lowest BCUT2D eigenvalue weighted by molar-refractivity contribution is 0.0960. The third kappa shape index (κ3) is 2.87. The second-order valence-electron chi connectivity index (χ2n) is 4.90. The number of anilines is 2. The van der Waals surface area contributed by atoms with E-state index in [0.717, 1.165) is 12.8 Å². The summed E-state index contributed by atoms with van der Waals surface area (Å²) >= 11 is 1.20. The SMILES string of the molecule is CCNC(=O)c1sc(NC2CCCC2)c(C(N)=O)c1N.